The lowest BCUT2D eigenvalue weighted by Crippen LogP contribution is -2.42. The lowest BCUT2D eigenvalue weighted by Gasteiger charge is -2.18. The van der Waals surface area contributed by atoms with Gasteiger partial charge in [-0.05, 0) is 37.0 Å². The van der Waals surface area contributed by atoms with Gasteiger partial charge < -0.3 is 9.72 Å². The Labute approximate surface area is 180 Å². The molecule has 2 N–H and O–H groups in total. The Kier molecular flexibility index (Phi) is 6.79. The molecular weight excluding hydrogens is 455 g/mol. The Morgan fingerprint density at radius 3 is 2.62 bits per heavy atom. The molecule has 2 aromatic rings. The van der Waals surface area contributed by atoms with Crippen LogP contribution < -0.4 is 16.0 Å². The quantitative estimate of drug-likeness (QED) is 0.629. The first-order valence-corrected chi connectivity index (χ1v) is 11.6. The van der Waals surface area contributed by atoms with Gasteiger partial charge in [0.15, 0.2) is 5.88 Å². The van der Waals surface area contributed by atoms with Crippen molar-refractivity contribution in [2.24, 2.45) is 0 Å². The zero-order chi connectivity index (χ0) is 23.7. The molecule has 1 aliphatic heterocycles. The van der Waals surface area contributed by atoms with Crippen LogP contribution in [0, 0.1) is 0 Å². The van der Waals surface area contributed by atoms with Gasteiger partial charge in [-0.1, -0.05) is 13.3 Å². The number of aromatic nitrogens is 2. The molecule has 0 spiro atoms. The highest BCUT2D eigenvalue weighted by Crippen LogP contribution is 2.40. The molecule has 2 heterocycles. The zero-order valence-corrected chi connectivity index (χ0v) is 17.9. The lowest BCUT2D eigenvalue weighted by molar-refractivity contribution is -0.139. The number of halogens is 3. The molecule has 1 aromatic carbocycles. The number of unbranched alkanes of at least 4 members (excludes halogenated alkanes) is 1. The number of rotatable bonds is 7. The van der Waals surface area contributed by atoms with Crippen LogP contribution in [0.3, 0.4) is 0 Å². The Bertz CT molecular complexity index is 1240. The molecule has 1 amide bonds. The fraction of sp³-hybridized carbons (Fsp3) is 0.526. The normalized spacial score (nSPS) is 17.1. The summed E-state index contributed by atoms with van der Waals surface area (Å²) in [6, 6.07) is 1.63. The van der Waals surface area contributed by atoms with Crippen molar-refractivity contribution in [1.29, 1.82) is 0 Å². The van der Waals surface area contributed by atoms with Crippen molar-refractivity contribution < 1.29 is 31.1 Å². The summed E-state index contributed by atoms with van der Waals surface area (Å²) in [4.78, 5) is 39.0. The number of H-pyrrole nitrogens is 1. The van der Waals surface area contributed by atoms with Crippen LogP contribution in [0.5, 0.6) is 0 Å². The van der Waals surface area contributed by atoms with Gasteiger partial charge in [0.1, 0.15) is 0 Å². The molecule has 1 fully saturated rings. The van der Waals surface area contributed by atoms with Crippen molar-refractivity contribution in [3.63, 3.8) is 0 Å². The van der Waals surface area contributed by atoms with E-state index in [-0.39, 0.29) is 29.5 Å². The third-order valence-corrected chi connectivity index (χ3v) is 6.20. The van der Waals surface area contributed by atoms with Crippen LogP contribution in [0.25, 0.3) is 10.9 Å². The molecule has 0 radical (unpaired) electrons. The Morgan fingerprint density at radius 1 is 1.31 bits per heavy atom. The lowest BCUT2D eigenvalue weighted by atomic mass is 9.97. The van der Waals surface area contributed by atoms with E-state index in [0.717, 1.165) is 6.07 Å². The monoisotopic (exact) mass is 477 g/mol. The molecule has 9 nitrogen and oxygen atoms in total. The average molecular weight is 477 g/mol. The topological polar surface area (TPSA) is 127 Å². The number of benzene rings is 1. The summed E-state index contributed by atoms with van der Waals surface area (Å²) in [6.07, 6.45) is -3.71. The van der Waals surface area contributed by atoms with Crippen molar-refractivity contribution in [2.45, 2.75) is 57.2 Å². The highest BCUT2D eigenvalue weighted by Gasteiger charge is 2.37. The van der Waals surface area contributed by atoms with Gasteiger partial charge in [-0.15, -0.1) is 0 Å². The van der Waals surface area contributed by atoms with E-state index in [1.54, 1.807) is 4.72 Å². The fourth-order valence-corrected chi connectivity index (χ4v) is 4.62. The third-order valence-electron chi connectivity index (χ3n) is 5.06. The van der Waals surface area contributed by atoms with Crippen molar-refractivity contribution >= 4 is 26.8 Å². The standard InChI is InChI=1S/C19H22F3N3O6S/c1-2-3-6-16(26)24-32(29,30)10-25-17(27)12-8-11(15-5-4-7-31-15)13(19(20,21)22)9-14(12)23-18(25)28/h8-9,15H,2-7,10H2,1H3,(H,23,28)(H,24,26)/t15-/m1/s1. The van der Waals surface area contributed by atoms with Crippen molar-refractivity contribution in [1.82, 2.24) is 14.3 Å². The fourth-order valence-electron chi connectivity index (χ4n) is 3.53. The molecule has 0 saturated carbocycles. The number of carbonyl (C=O) groups is 1. The predicted octanol–water partition coefficient (Wildman–Crippen LogP) is 2.15. The Hall–Kier alpha value is -2.67. The third kappa shape index (κ3) is 5.21. The highest BCUT2D eigenvalue weighted by atomic mass is 32.2. The molecule has 1 aromatic heterocycles. The molecule has 3 rings (SSSR count). The SMILES string of the molecule is CCCCC(=O)NS(=O)(=O)Cn1c(=O)[nH]c2cc(C(F)(F)F)c([C@H]3CCCO3)cc2c1=O. The Morgan fingerprint density at radius 2 is 2.03 bits per heavy atom. The molecule has 1 saturated heterocycles. The van der Waals surface area contributed by atoms with Crippen LogP contribution in [0.4, 0.5) is 13.2 Å². The highest BCUT2D eigenvalue weighted by molar-refractivity contribution is 7.89. The van der Waals surface area contributed by atoms with E-state index >= 15 is 0 Å². The number of nitrogens with zero attached hydrogens (tertiary/aromatic N) is 1. The number of alkyl halides is 3. The first-order chi connectivity index (χ1) is 14.9. The molecule has 176 valence electrons. The number of ether oxygens (including phenoxy) is 1. The van der Waals surface area contributed by atoms with Gasteiger partial charge in [0.25, 0.3) is 15.6 Å². The second kappa shape index (κ2) is 9.06. The van der Waals surface area contributed by atoms with Gasteiger partial charge >= 0.3 is 11.9 Å². The van der Waals surface area contributed by atoms with E-state index < -0.39 is 50.9 Å². The van der Waals surface area contributed by atoms with E-state index in [0.29, 0.717) is 36.3 Å². The van der Waals surface area contributed by atoms with E-state index in [9.17, 15) is 36.0 Å². The molecular formula is C19H22F3N3O6S. The average Bonchev–Trinajstić information content (AvgIpc) is 3.22. The number of fused-ring (bicyclic) bond motifs is 1. The minimum Gasteiger partial charge on any atom is -0.374 e. The summed E-state index contributed by atoms with van der Waals surface area (Å²) in [5, 5.41) is -0.296. The van der Waals surface area contributed by atoms with Crippen LogP contribution in [0.2, 0.25) is 0 Å². The zero-order valence-electron chi connectivity index (χ0n) is 17.1. The van der Waals surface area contributed by atoms with Crippen molar-refractivity contribution in [3.05, 3.63) is 44.1 Å². The molecule has 0 aliphatic carbocycles. The van der Waals surface area contributed by atoms with Gasteiger partial charge in [0.05, 0.1) is 22.6 Å². The van der Waals surface area contributed by atoms with E-state index in [1.165, 1.54) is 0 Å². The van der Waals surface area contributed by atoms with E-state index in [1.807, 2.05) is 6.92 Å². The van der Waals surface area contributed by atoms with E-state index in [2.05, 4.69) is 4.98 Å². The maximum Gasteiger partial charge on any atom is 0.416 e. The van der Waals surface area contributed by atoms with Crippen molar-refractivity contribution in [2.75, 3.05) is 6.61 Å². The minimum atomic E-state index is -4.76. The number of sulfonamides is 1. The van der Waals surface area contributed by atoms with Gasteiger partial charge in [-0.25, -0.2) is 17.8 Å². The van der Waals surface area contributed by atoms with E-state index in [4.69, 9.17) is 4.74 Å². The number of amides is 1. The smallest absolute Gasteiger partial charge is 0.374 e. The summed E-state index contributed by atoms with van der Waals surface area (Å²) < 4.78 is 72.8. The van der Waals surface area contributed by atoms with Gasteiger partial charge in [-0.3, -0.25) is 14.3 Å². The first-order valence-electron chi connectivity index (χ1n) is 9.96. The number of nitrogens with one attached hydrogen (secondary N) is 2. The molecule has 0 bridgehead atoms. The van der Waals surface area contributed by atoms with Crippen LogP contribution in [-0.4, -0.2) is 30.5 Å². The van der Waals surface area contributed by atoms with Crippen LogP contribution in [0.1, 0.15) is 56.3 Å². The first kappa shape index (κ1) is 24.0. The van der Waals surface area contributed by atoms with Crippen molar-refractivity contribution in [3.8, 4) is 0 Å². The molecule has 1 atom stereocenters. The number of carbonyl (C=O) groups excluding carboxylic acids is 1. The summed E-state index contributed by atoms with van der Waals surface area (Å²) in [6.45, 7) is 2.08. The molecule has 0 unspecified atom stereocenters. The van der Waals surface area contributed by atoms with Gasteiger partial charge in [0, 0.05) is 13.0 Å². The van der Waals surface area contributed by atoms with Crippen LogP contribution in [-0.2, 0) is 31.6 Å². The number of hydrogen-bond acceptors (Lipinski definition) is 6. The second-order valence-corrected chi connectivity index (χ2v) is 9.21. The second-order valence-electron chi connectivity index (χ2n) is 7.52. The Balaban J connectivity index is 2.07. The van der Waals surface area contributed by atoms with Gasteiger partial charge in [0.2, 0.25) is 5.91 Å². The molecule has 32 heavy (non-hydrogen) atoms. The summed E-state index contributed by atoms with van der Waals surface area (Å²) >= 11 is 0. The summed E-state index contributed by atoms with van der Waals surface area (Å²) in [5.41, 5.74) is -3.99. The number of hydrogen-bond donors (Lipinski definition) is 2. The number of aromatic amines is 1. The maximum atomic E-state index is 13.6. The van der Waals surface area contributed by atoms with Crippen LogP contribution in [0.15, 0.2) is 21.7 Å². The molecule has 1 aliphatic rings. The maximum absolute atomic E-state index is 13.6. The minimum absolute atomic E-state index is 0.0519. The van der Waals surface area contributed by atoms with Gasteiger partial charge in [-0.2, -0.15) is 13.2 Å². The summed E-state index contributed by atoms with van der Waals surface area (Å²) in [7, 11) is -4.40. The predicted molar refractivity (Wildman–Crippen MR) is 108 cm³/mol. The molecule has 13 heteroatoms. The summed E-state index contributed by atoms with van der Waals surface area (Å²) in [5.74, 6) is -1.95. The largest absolute Gasteiger partial charge is 0.416 e. The van der Waals surface area contributed by atoms with Crippen LogP contribution >= 0.6 is 0 Å².